The highest BCUT2D eigenvalue weighted by atomic mass is 79.9. The van der Waals surface area contributed by atoms with Crippen LogP contribution in [0.1, 0.15) is 11.1 Å². The van der Waals surface area contributed by atoms with E-state index in [4.69, 9.17) is 9.84 Å². The quantitative estimate of drug-likeness (QED) is 0.407. The first-order chi connectivity index (χ1) is 12.3. The van der Waals surface area contributed by atoms with Gasteiger partial charge in [0.15, 0.2) is 0 Å². The van der Waals surface area contributed by atoms with Crippen molar-refractivity contribution in [3.05, 3.63) is 94.5 Å². The second kappa shape index (κ2) is 8.49. The van der Waals surface area contributed by atoms with Gasteiger partial charge in [-0.05, 0) is 35.9 Å². The molecule has 126 valence electrons. The number of methoxy groups -OCH3 is 1. The van der Waals surface area contributed by atoms with E-state index in [2.05, 4.69) is 40.2 Å². The molecule has 0 amide bonds. The van der Waals surface area contributed by atoms with Crippen molar-refractivity contribution in [1.82, 2.24) is 0 Å². The zero-order valence-corrected chi connectivity index (χ0v) is 15.6. The highest BCUT2D eigenvalue weighted by Crippen LogP contribution is 2.22. The monoisotopic (exact) mass is 394 g/mol. The van der Waals surface area contributed by atoms with Gasteiger partial charge in [-0.15, -0.1) is 0 Å². The minimum absolute atomic E-state index is 0.692. The van der Waals surface area contributed by atoms with Crippen LogP contribution in [0.5, 0.6) is 5.75 Å². The van der Waals surface area contributed by atoms with Crippen molar-refractivity contribution in [3.63, 3.8) is 0 Å². The van der Waals surface area contributed by atoms with Crippen molar-refractivity contribution in [1.29, 1.82) is 0 Å². The topological polar surface area (TPSA) is 24.8 Å². The van der Waals surface area contributed by atoms with E-state index in [-0.39, 0.29) is 0 Å². The van der Waals surface area contributed by atoms with Gasteiger partial charge in [0.1, 0.15) is 5.75 Å². The van der Waals surface area contributed by atoms with Crippen LogP contribution < -0.4 is 9.75 Å². The summed E-state index contributed by atoms with van der Waals surface area (Å²) in [6.45, 7) is 0.692. The van der Waals surface area contributed by atoms with E-state index in [0.717, 1.165) is 21.5 Å². The summed E-state index contributed by atoms with van der Waals surface area (Å²) in [6, 6.07) is 26.3. The van der Waals surface area contributed by atoms with Crippen molar-refractivity contribution < 1.29 is 4.74 Å². The number of halogens is 1. The molecule has 0 saturated carbocycles. The summed E-state index contributed by atoms with van der Waals surface area (Å²) in [5.41, 5.74) is 3.16. The predicted octanol–water partition coefficient (Wildman–Crippen LogP) is 5.50. The summed E-state index contributed by atoms with van der Waals surface area (Å²) < 4.78 is 6.42. The molecule has 0 radical (unpaired) electrons. The lowest BCUT2D eigenvalue weighted by atomic mass is 10.2. The minimum atomic E-state index is 0.692. The maximum atomic E-state index is 5.43. The molecule has 0 heterocycles. The fourth-order valence-electron chi connectivity index (χ4n) is 2.49. The van der Waals surface area contributed by atoms with Gasteiger partial charge in [-0.3, -0.25) is 5.01 Å². The molecular formula is C21H19BrN2O. The van der Waals surface area contributed by atoms with Gasteiger partial charge in [0.2, 0.25) is 0 Å². The van der Waals surface area contributed by atoms with E-state index in [1.54, 1.807) is 7.11 Å². The van der Waals surface area contributed by atoms with Gasteiger partial charge in [-0.1, -0.05) is 64.5 Å². The lowest BCUT2D eigenvalue weighted by Gasteiger charge is -2.19. The molecule has 0 atom stereocenters. The fraction of sp³-hybridized carbons (Fsp3) is 0.0952. The standard InChI is InChI=1S/C21H19BrN2O/c1-25-21-13-12-19(22)14-18(21)15-23-24(20-10-6-3-7-11-20)16-17-8-4-2-5-9-17/h2-15H,16H2,1H3/b23-15-. The van der Waals surface area contributed by atoms with Crippen LogP contribution in [-0.4, -0.2) is 13.3 Å². The highest BCUT2D eigenvalue weighted by Gasteiger charge is 2.07. The Morgan fingerprint density at radius 2 is 1.64 bits per heavy atom. The van der Waals surface area contributed by atoms with Gasteiger partial charge in [-0.25, -0.2) is 0 Å². The third-order valence-corrected chi connectivity index (χ3v) is 4.25. The number of hydrogen-bond donors (Lipinski definition) is 0. The van der Waals surface area contributed by atoms with Gasteiger partial charge in [0.25, 0.3) is 0 Å². The summed E-state index contributed by atoms with van der Waals surface area (Å²) in [7, 11) is 1.67. The molecule has 3 aromatic rings. The van der Waals surface area contributed by atoms with Crippen LogP contribution in [0.15, 0.2) is 88.4 Å². The second-order valence-electron chi connectivity index (χ2n) is 5.51. The Morgan fingerprint density at radius 1 is 0.960 bits per heavy atom. The average molecular weight is 395 g/mol. The van der Waals surface area contributed by atoms with Gasteiger partial charge in [-0.2, -0.15) is 5.10 Å². The Bertz CT molecular complexity index is 835. The van der Waals surface area contributed by atoms with Crippen LogP contribution >= 0.6 is 15.9 Å². The minimum Gasteiger partial charge on any atom is -0.496 e. The fourth-order valence-corrected chi connectivity index (χ4v) is 2.87. The number of hydrogen-bond acceptors (Lipinski definition) is 3. The molecule has 25 heavy (non-hydrogen) atoms. The molecule has 0 aliphatic heterocycles. The van der Waals surface area contributed by atoms with E-state index < -0.39 is 0 Å². The number of ether oxygens (including phenoxy) is 1. The predicted molar refractivity (Wildman–Crippen MR) is 107 cm³/mol. The Balaban J connectivity index is 1.91. The molecule has 4 heteroatoms. The van der Waals surface area contributed by atoms with Gasteiger partial charge < -0.3 is 4.74 Å². The van der Waals surface area contributed by atoms with E-state index in [0.29, 0.717) is 6.54 Å². The zero-order valence-electron chi connectivity index (χ0n) is 14.0. The Morgan fingerprint density at radius 3 is 2.32 bits per heavy atom. The Kier molecular flexibility index (Phi) is 5.86. The van der Waals surface area contributed by atoms with Crippen LogP contribution in [0, 0.1) is 0 Å². The summed E-state index contributed by atoms with van der Waals surface area (Å²) in [6.07, 6.45) is 1.83. The van der Waals surface area contributed by atoms with Crippen LogP contribution in [0.3, 0.4) is 0 Å². The van der Waals surface area contributed by atoms with Crippen LogP contribution in [0.25, 0.3) is 0 Å². The normalized spacial score (nSPS) is 10.8. The maximum absolute atomic E-state index is 5.43. The van der Waals surface area contributed by atoms with E-state index in [1.165, 1.54) is 5.56 Å². The van der Waals surface area contributed by atoms with Gasteiger partial charge >= 0.3 is 0 Å². The third-order valence-electron chi connectivity index (χ3n) is 3.76. The van der Waals surface area contributed by atoms with E-state index >= 15 is 0 Å². The molecular weight excluding hydrogens is 376 g/mol. The summed E-state index contributed by atoms with van der Waals surface area (Å²) in [5, 5.41) is 6.70. The lowest BCUT2D eigenvalue weighted by Crippen LogP contribution is -2.16. The molecule has 0 aliphatic carbocycles. The van der Waals surface area contributed by atoms with Crippen LogP contribution in [-0.2, 0) is 6.54 Å². The number of anilines is 1. The zero-order chi connectivity index (χ0) is 17.5. The van der Waals surface area contributed by atoms with Crippen molar-refractivity contribution in [3.8, 4) is 5.75 Å². The van der Waals surface area contributed by atoms with Crippen LogP contribution in [0.2, 0.25) is 0 Å². The molecule has 0 fully saturated rings. The molecule has 3 rings (SSSR count). The molecule has 0 bridgehead atoms. The number of rotatable bonds is 6. The Labute approximate surface area is 156 Å². The molecule has 3 nitrogen and oxygen atoms in total. The largest absolute Gasteiger partial charge is 0.496 e. The number of benzene rings is 3. The van der Waals surface area contributed by atoms with Crippen molar-refractivity contribution in [2.75, 3.05) is 12.1 Å². The second-order valence-corrected chi connectivity index (χ2v) is 6.43. The third kappa shape index (κ3) is 4.70. The SMILES string of the molecule is COc1ccc(Br)cc1/C=N\N(Cc1ccccc1)c1ccccc1. The molecule has 0 N–H and O–H groups in total. The number of para-hydroxylation sites is 1. The highest BCUT2D eigenvalue weighted by molar-refractivity contribution is 9.10. The number of hydrazone groups is 1. The summed E-state index contributed by atoms with van der Waals surface area (Å²) >= 11 is 3.50. The first kappa shape index (κ1) is 17.2. The first-order valence-electron chi connectivity index (χ1n) is 8.00. The van der Waals surface area contributed by atoms with Gasteiger partial charge in [0.05, 0.1) is 25.6 Å². The average Bonchev–Trinajstić information content (AvgIpc) is 2.67. The van der Waals surface area contributed by atoms with Crippen LogP contribution in [0.4, 0.5) is 5.69 Å². The van der Waals surface area contributed by atoms with Crippen molar-refractivity contribution in [2.24, 2.45) is 5.10 Å². The first-order valence-corrected chi connectivity index (χ1v) is 8.79. The number of nitrogens with zero attached hydrogens (tertiary/aromatic N) is 2. The smallest absolute Gasteiger partial charge is 0.127 e. The van der Waals surface area contributed by atoms with Crippen molar-refractivity contribution >= 4 is 27.8 Å². The molecule has 0 saturated heterocycles. The Hall–Kier alpha value is -2.59. The summed E-state index contributed by atoms with van der Waals surface area (Å²) in [4.78, 5) is 0. The van der Waals surface area contributed by atoms with E-state index in [9.17, 15) is 0 Å². The van der Waals surface area contributed by atoms with Crippen molar-refractivity contribution in [2.45, 2.75) is 6.54 Å². The lowest BCUT2D eigenvalue weighted by molar-refractivity contribution is 0.414. The molecule has 0 aromatic heterocycles. The van der Waals surface area contributed by atoms with E-state index in [1.807, 2.05) is 65.8 Å². The summed E-state index contributed by atoms with van der Waals surface area (Å²) in [5.74, 6) is 0.791. The molecule has 3 aromatic carbocycles. The molecule has 0 spiro atoms. The van der Waals surface area contributed by atoms with Gasteiger partial charge in [0, 0.05) is 10.0 Å². The molecule has 0 unspecified atom stereocenters. The maximum Gasteiger partial charge on any atom is 0.127 e. The molecule has 0 aliphatic rings.